The van der Waals surface area contributed by atoms with Gasteiger partial charge in [0.05, 0.1) is 17.9 Å². The van der Waals surface area contributed by atoms with Crippen molar-refractivity contribution in [2.75, 3.05) is 0 Å². The van der Waals surface area contributed by atoms with Crippen molar-refractivity contribution < 1.29 is 29.7 Å². The van der Waals surface area contributed by atoms with Gasteiger partial charge in [-0.3, -0.25) is 14.4 Å². The van der Waals surface area contributed by atoms with E-state index in [2.05, 4.69) is 0 Å². The molecule has 3 unspecified atom stereocenters. The minimum Gasteiger partial charge on any atom is -0.481 e. The average Bonchev–Trinajstić information content (AvgIpc) is 3.51. The van der Waals surface area contributed by atoms with Crippen molar-refractivity contribution in [1.29, 1.82) is 0 Å². The van der Waals surface area contributed by atoms with E-state index >= 15 is 0 Å². The molecular weight excluding hydrogens is 432 g/mol. The highest BCUT2D eigenvalue weighted by atomic mass is 16.4. The summed E-state index contributed by atoms with van der Waals surface area (Å²) in [5.41, 5.74) is 3.09. The Morgan fingerprint density at radius 3 is 1.88 bits per heavy atom. The van der Waals surface area contributed by atoms with Crippen LogP contribution in [0.25, 0.3) is 0 Å². The van der Waals surface area contributed by atoms with Gasteiger partial charge >= 0.3 is 11.9 Å². The lowest BCUT2D eigenvalue weighted by Crippen LogP contribution is -2.23. The second-order valence-electron chi connectivity index (χ2n) is 8.59. The van der Waals surface area contributed by atoms with Gasteiger partial charge in [0.25, 0.3) is 0 Å². The molecule has 0 saturated heterocycles. The van der Waals surface area contributed by atoms with Gasteiger partial charge < -0.3 is 15.3 Å². The lowest BCUT2D eigenvalue weighted by atomic mass is 9.93. The van der Waals surface area contributed by atoms with E-state index < -0.39 is 29.9 Å². The number of rotatable bonds is 8. The Kier molecular flexibility index (Phi) is 8.93. The highest BCUT2D eigenvalue weighted by Gasteiger charge is 2.31. The van der Waals surface area contributed by atoms with Crippen LogP contribution in [0.4, 0.5) is 0 Å². The monoisotopic (exact) mass is 462 g/mol. The molecule has 3 atom stereocenters. The molecule has 4 rings (SSSR count). The predicted octanol–water partition coefficient (Wildman–Crippen LogP) is 4.23. The first-order chi connectivity index (χ1) is 16.4. The van der Waals surface area contributed by atoms with E-state index in [0.717, 1.165) is 17.5 Å². The molecule has 0 aliphatic heterocycles. The predicted molar refractivity (Wildman–Crippen MR) is 128 cm³/mol. The summed E-state index contributed by atoms with van der Waals surface area (Å²) in [6, 6.07) is 19.0. The van der Waals surface area contributed by atoms with Crippen molar-refractivity contribution in [1.82, 2.24) is 0 Å². The van der Waals surface area contributed by atoms with Gasteiger partial charge in [0.15, 0.2) is 5.78 Å². The molecule has 0 fully saturated rings. The first-order valence-corrected chi connectivity index (χ1v) is 11.5. The van der Waals surface area contributed by atoms with Gasteiger partial charge in [0.2, 0.25) is 0 Å². The van der Waals surface area contributed by atoms with Gasteiger partial charge in [-0.05, 0) is 42.4 Å². The first-order valence-electron chi connectivity index (χ1n) is 11.5. The molecule has 6 nitrogen and oxygen atoms in total. The minimum atomic E-state index is -0.893. The van der Waals surface area contributed by atoms with Crippen molar-refractivity contribution in [3.05, 3.63) is 95.1 Å². The Morgan fingerprint density at radius 1 is 0.765 bits per heavy atom. The van der Waals surface area contributed by atoms with E-state index in [-0.39, 0.29) is 12.2 Å². The number of carbonyl (C=O) groups excluding carboxylic acids is 1. The van der Waals surface area contributed by atoms with Crippen LogP contribution in [0, 0.1) is 11.8 Å². The molecule has 34 heavy (non-hydrogen) atoms. The fourth-order valence-corrected chi connectivity index (χ4v) is 4.47. The molecule has 2 aliphatic rings. The number of ketones is 1. The summed E-state index contributed by atoms with van der Waals surface area (Å²) < 4.78 is 0. The number of carboxylic acids is 2. The maximum atomic E-state index is 12.0. The van der Waals surface area contributed by atoms with Gasteiger partial charge in [-0.1, -0.05) is 72.8 Å². The quantitative estimate of drug-likeness (QED) is 0.506. The van der Waals surface area contributed by atoms with Crippen LogP contribution >= 0.6 is 0 Å². The van der Waals surface area contributed by atoms with Gasteiger partial charge in [-0.15, -0.1) is 0 Å². The third-order valence-corrected chi connectivity index (χ3v) is 6.22. The summed E-state index contributed by atoms with van der Waals surface area (Å²) >= 11 is 0. The zero-order chi connectivity index (χ0) is 24.5. The third-order valence-electron chi connectivity index (χ3n) is 6.22. The highest BCUT2D eigenvalue weighted by molar-refractivity contribution is 6.01. The molecule has 0 amide bonds. The number of benzene rings is 2. The maximum absolute atomic E-state index is 12.0. The maximum Gasteiger partial charge on any atom is 0.311 e. The van der Waals surface area contributed by atoms with E-state index in [1.165, 1.54) is 0 Å². The van der Waals surface area contributed by atoms with Crippen molar-refractivity contribution in [3.63, 3.8) is 0 Å². The number of carboxylic acid groups (broad SMARTS) is 2. The van der Waals surface area contributed by atoms with Gasteiger partial charge in [0, 0.05) is 18.4 Å². The van der Waals surface area contributed by atoms with Gasteiger partial charge in [-0.25, -0.2) is 0 Å². The smallest absolute Gasteiger partial charge is 0.311 e. The van der Waals surface area contributed by atoms with Crippen molar-refractivity contribution in [2.45, 2.75) is 44.6 Å². The molecule has 0 radical (unpaired) electrons. The molecule has 2 aliphatic carbocycles. The molecule has 6 heteroatoms. The summed E-state index contributed by atoms with van der Waals surface area (Å²) in [6.07, 6.45) is 6.32. The zero-order valence-corrected chi connectivity index (χ0v) is 19.0. The molecule has 2 aromatic rings. The summed E-state index contributed by atoms with van der Waals surface area (Å²) in [6.45, 7) is 0. The Balaban J connectivity index is 0.000000191. The molecule has 0 saturated carbocycles. The van der Waals surface area contributed by atoms with E-state index in [1.807, 2.05) is 66.7 Å². The van der Waals surface area contributed by atoms with E-state index in [9.17, 15) is 19.5 Å². The second kappa shape index (κ2) is 12.1. The fourth-order valence-electron chi connectivity index (χ4n) is 4.47. The van der Waals surface area contributed by atoms with Crippen molar-refractivity contribution in [3.8, 4) is 0 Å². The average molecular weight is 463 g/mol. The molecular formula is C28H30O6. The molecule has 2 aromatic carbocycles. The van der Waals surface area contributed by atoms with Crippen LogP contribution in [-0.4, -0.2) is 39.1 Å². The third kappa shape index (κ3) is 6.75. The molecule has 0 bridgehead atoms. The van der Waals surface area contributed by atoms with E-state index in [0.29, 0.717) is 36.8 Å². The Hall–Kier alpha value is -3.51. The standard InChI is InChI=1S/C14H16O3.C14H14O3/c2*15-13(9-10-5-2-1-3-6-10)11-7-4-8-12(11)14(16)17/h1-3,5-7,12-13,15H,4,8-9H2,(H,16,17);1-3,5-7,12H,4,8-9H2,(H,16,17). The fraction of sp³-hybridized carbons (Fsp3) is 0.321. The van der Waals surface area contributed by atoms with Crippen LogP contribution in [0.2, 0.25) is 0 Å². The van der Waals surface area contributed by atoms with Gasteiger partial charge in [0.1, 0.15) is 0 Å². The Labute approximate surface area is 199 Å². The molecule has 178 valence electrons. The topological polar surface area (TPSA) is 112 Å². The molecule has 0 heterocycles. The van der Waals surface area contributed by atoms with Crippen LogP contribution in [0.5, 0.6) is 0 Å². The summed E-state index contributed by atoms with van der Waals surface area (Å²) in [5.74, 6) is -2.91. The summed E-state index contributed by atoms with van der Waals surface area (Å²) in [4.78, 5) is 34.0. The number of aliphatic hydroxyl groups excluding tert-OH is 1. The lowest BCUT2D eigenvalue weighted by Gasteiger charge is -2.16. The number of hydrogen-bond donors (Lipinski definition) is 3. The lowest BCUT2D eigenvalue weighted by molar-refractivity contribution is -0.141. The SMILES string of the molecule is O=C(Cc1ccccc1)C1=CCCC1C(=O)O.O=C(O)C1CCC=C1C(O)Cc1ccccc1. The summed E-state index contributed by atoms with van der Waals surface area (Å²) in [5, 5.41) is 28.1. The van der Waals surface area contributed by atoms with Crippen LogP contribution in [-0.2, 0) is 27.2 Å². The number of aliphatic carboxylic acids is 2. The van der Waals surface area contributed by atoms with Crippen LogP contribution in [0.3, 0.4) is 0 Å². The number of allylic oxidation sites excluding steroid dienone is 2. The minimum absolute atomic E-state index is 0.0684. The normalized spacial score (nSPS) is 19.9. The Morgan fingerprint density at radius 2 is 1.29 bits per heavy atom. The van der Waals surface area contributed by atoms with E-state index in [1.54, 1.807) is 6.08 Å². The first kappa shape index (κ1) is 25.1. The van der Waals surface area contributed by atoms with Gasteiger partial charge in [-0.2, -0.15) is 0 Å². The Bertz CT molecular complexity index is 1050. The zero-order valence-electron chi connectivity index (χ0n) is 19.0. The van der Waals surface area contributed by atoms with Crippen molar-refractivity contribution >= 4 is 17.7 Å². The number of Topliss-reactive ketones (excluding diaryl/α,β-unsaturated/α-hetero) is 1. The van der Waals surface area contributed by atoms with Crippen LogP contribution < -0.4 is 0 Å². The second-order valence-corrected chi connectivity index (χ2v) is 8.59. The molecule has 0 aromatic heterocycles. The molecule has 0 spiro atoms. The van der Waals surface area contributed by atoms with E-state index in [4.69, 9.17) is 10.2 Å². The number of carbonyl (C=O) groups is 3. The molecule has 3 N–H and O–H groups in total. The number of aliphatic hydroxyl groups is 1. The number of hydrogen-bond acceptors (Lipinski definition) is 4. The van der Waals surface area contributed by atoms with Crippen LogP contribution in [0.1, 0.15) is 36.8 Å². The van der Waals surface area contributed by atoms with Crippen molar-refractivity contribution in [2.24, 2.45) is 11.8 Å². The largest absolute Gasteiger partial charge is 0.481 e. The van der Waals surface area contributed by atoms with Crippen LogP contribution in [0.15, 0.2) is 84.0 Å². The summed E-state index contributed by atoms with van der Waals surface area (Å²) in [7, 11) is 0. The highest BCUT2D eigenvalue weighted by Crippen LogP contribution is 2.30.